The van der Waals surface area contributed by atoms with Gasteiger partial charge in [0.2, 0.25) is 0 Å². The molecule has 2 rings (SSSR count). The fourth-order valence-corrected chi connectivity index (χ4v) is 7.93. The molecule has 0 heteroatoms. The van der Waals surface area contributed by atoms with Gasteiger partial charge in [0.1, 0.15) is 0 Å². The maximum absolute atomic E-state index is 2.72. The van der Waals surface area contributed by atoms with Gasteiger partial charge in [-0.15, -0.1) is 0 Å². The van der Waals surface area contributed by atoms with Crippen LogP contribution in [0.15, 0.2) is 0 Å². The van der Waals surface area contributed by atoms with Crippen LogP contribution in [-0.2, 0) is 0 Å². The molecule has 2 aliphatic carbocycles. The zero-order valence-corrected chi connectivity index (χ0v) is 20.8. The van der Waals surface area contributed by atoms with E-state index in [1.165, 1.54) is 38.5 Å². The van der Waals surface area contributed by atoms with E-state index in [2.05, 4.69) is 76.2 Å². The summed E-state index contributed by atoms with van der Waals surface area (Å²) in [6.45, 7) is 28.3. The van der Waals surface area contributed by atoms with Crippen molar-refractivity contribution in [2.45, 2.75) is 115 Å². The molecule has 0 N–H and O–H groups in total. The molecule has 2 fully saturated rings. The van der Waals surface area contributed by atoms with Gasteiger partial charge in [-0.25, -0.2) is 0 Å². The summed E-state index contributed by atoms with van der Waals surface area (Å²) in [7, 11) is 0. The summed E-state index contributed by atoms with van der Waals surface area (Å²) < 4.78 is 0. The van der Waals surface area contributed by atoms with Crippen molar-refractivity contribution in [3.05, 3.63) is 0 Å². The lowest BCUT2D eigenvalue weighted by molar-refractivity contribution is -0.175. The predicted molar refractivity (Wildman–Crippen MR) is 122 cm³/mol. The van der Waals surface area contributed by atoms with Crippen molar-refractivity contribution < 1.29 is 0 Å². The Bertz CT molecular complexity index is 478. The predicted octanol–water partition coefficient (Wildman–Crippen LogP) is 8.85. The minimum Gasteiger partial charge on any atom is -0.0654 e. The van der Waals surface area contributed by atoms with Crippen LogP contribution < -0.4 is 0 Å². The quantitative estimate of drug-likeness (QED) is 0.449. The van der Waals surface area contributed by atoms with Crippen molar-refractivity contribution in [1.82, 2.24) is 0 Å². The average molecular weight is 377 g/mol. The molecule has 0 aliphatic heterocycles. The van der Waals surface area contributed by atoms with E-state index < -0.39 is 0 Å². The second kappa shape index (κ2) is 8.02. The van der Waals surface area contributed by atoms with E-state index in [4.69, 9.17) is 0 Å². The Labute approximate surface area is 172 Å². The molecule has 8 unspecified atom stereocenters. The molecule has 0 heterocycles. The Morgan fingerprint density at radius 3 is 1.85 bits per heavy atom. The van der Waals surface area contributed by atoms with Crippen molar-refractivity contribution >= 4 is 0 Å². The van der Waals surface area contributed by atoms with Crippen molar-refractivity contribution in [1.29, 1.82) is 0 Å². The monoisotopic (exact) mass is 376 g/mol. The lowest BCUT2D eigenvalue weighted by Gasteiger charge is -2.66. The molecule has 0 aromatic heterocycles. The van der Waals surface area contributed by atoms with Crippen molar-refractivity contribution in [2.24, 2.45) is 57.7 Å². The molecule has 27 heavy (non-hydrogen) atoms. The summed E-state index contributed by atoms with van der Waals surface area (Å²) in [6.07, 6.45) is 8.43. The first kappa shape index (κ1) is 23.3. The Morgan fingerprint density at radius 1 is 0.889 bits per heavy atom. The molecular formula is C27H52. The van der Waals surface area contributed by atoms with E-state index in [0.717, 1.165) is 41.4 Å². The van der Waals surface area contributed by atoms with Crippen LogP contribution in [0.5, 0.6) is 0 Å². The summed E-state index contributed by atoms with van der Waals surface area (Å²) in [6, 6.07) is 0. The first-order valence-corrected chi connectivity index (χ1v) is 12.4. The van der Waals surface area contributed by atoms with Gasteiger partial charge in [-0.1, -0.05) is 82.6 Å². The lowest BCUT2D eigenvalue weighted by Crippen LogP contribution is -2.59. The van der Waals surface area contributed by atoms with Gasteiger partial charge in [-0.05, 0) is 89.8 Å². The molecule has 0 aromatic carbocycles. The average Bonchev–Trinajstić information content (AvgIpc) is 2.59. The van der Waals surface area contributed by atoms with Gasteiger partial charge in [0.15, 0.2) is 0 Å². The first-order chi connectivity index (χ1) is 12.4. The maximum atomic E-state index is 2.72. The first-order valence-electron chi connectivity index (χ1n) is 12.4. The molecule has 160 valence electrons. The zero-order valence-electron chi connectivity index (χ0n) is 20.8. The van der Waals surface area contributed by atoms with Crippen LogP contribution in [-0.4, -0.2) is 0 Å². The second-order valence-electron chi connectivity index (χ2n) is 12.3. The van der Waals surface area contributed by atoms with Crippen LogP contribution in [0.2, 0.25) is 0 Å². The minimum absolute atomic E-state index is 0.434. The second-order valence-corrected chi connectivity index (χ2v) is 12.3. The SMILES string of the molecule is CCCC1(C)C(C)(C(C)C)CCC(C)C1(C)CC1C(C)C(C)CC(C)C1C. The van der Waals surface area contributed by atoms with Crippen LogP contribution >= 0.6 is 0 Å². The van der Waals surface area contributed by atoms with Gasteiger partial charge >= 0.3 is 0 Å². The smallest absolute Gasteiger partial charge is 0.0213 e. The van der Waals surface area contributed by atoms with Crippen LogP contribution in [0.4, 0.5) is 0 Å². The third kappa shape index (κ3) is 3.54. The Balaban J connectivity index is 2.48. The maximum Gasteiger partial charge on any atom is -0.0213 e. The molecule has 0 aromatic rings. The van der Waals surface area contributed by atoms with Crippen LogP contribution in [0.1, 0.15) is 115 Å². The molecule has 0 spiro atoms. The number of rotatable bonds is 5. The van der Waals surface area contributed by atoms with Crippen molar-refractivity contribution in [3.63, 3.8) is 0 Å². The highest BCUT2D eigenvalue weighted by molar-refractivity contribution is 5.10. The minimum atomic E-state index is 0.434. The largest absolute Gasteiger partial charge is 0.0654 e. The molecule has 0 amide bonds. The van der Waals surface area contributed by atoms with Gasteiger partial charge < -0.3 is 0 Å². The molecule has 0 saturated heterocycles. The van der Waals surface area contributed by atoms with E-state index in [1.807, 2.05) is 0 Å². The van der Waals surface area contributed by atoms with Gasteiger partial charge in [0.25, 0.3) is 0 Å². The summed E-state index contributed by atoms with van der Waals surface area (Å²) in [5.41, 5.74) is 1.34. The fraction of sp³-hybridized carbons (Fsp3) is 1.00. The molecule has 0 bridgehead atoms. The number of hydrogen-bond donors (Lipinski definition) is 0. The van der Waals surface area contributed by atoms with Crippen molar-refractivity contribution in [3.8, 4) is 0 Å². The highest BCUT2D eigenvalue weighted by Crippen LogP contribution is 2.69. The molecule has 0 nitrogen and oxygen atoms in total. The summed E-state index contributed by atoms with van der Waals surface area (Å²) in [4.78, 5) is 0. The Hall–Kier alpha value is 0. The molecule has 8 atom stereocenters. The lowest BCUT2D eigenvalue weighted by atomic mass is 9.38. The van der Waals surface area contributed by atoms with Crippen LogP contribution in [0.3, 0.4) is 0 Å². The third-order valence-electron chi connectivity index (χ3n) is 11.3. The van der Waals surface area contributed by atoms with Gasteiger partial charge in [-0.3, -0.25) is 0 Å². The van der Waals surface area contributed by atoms with Crippen LogP contribution in [0, 0.1) is 57.7 Å². The highest BCUT2D eigenvalue weighted by Gasteiger charge is 2.61. The summed E-state index contributed by atoms with van der Waals surface area (Å²) >= 11 is 0. The van der Waals surface area contributed by atoms with E-state index in [0.29, 0.717) is 16.2 Å². The molecule has 0 radical (unpaired) electrons. The third-order valence-corrected chi connectivity index (χ3v) is 11.3. The number of hydrogen-bond acceptors (Lipinski definition) is 0. The normalized spacial score (nSPS) is 51.6. The zero-order chi connectivity index (χ0) is 20.8. The highest BCUT2D eigenvalue weighted by atomic mass is 14.7. The molecule has 2 saturated carbocycles. The molecule has 2 aliphatic rings. The Morgan fingerprint density at radius 2 is 1.41 bits per heavy atom. The van der Waals surface area contributed by atoms with E-state index >= 15 is 0 Å². The van der Waals surface area contributed by atoms with E-state index in [9.17, 15) is 0 Å². The summed E-state index contributed by atoms with van der Waals surface area (Å²) in [5, 5.41) is 0. The fourth-order valence-electron chi connectivity index (χ4n) is 7.93. The topological polar surface area (TPSA) is 0 Å². The van der Waals surface area contributed by atoms with Crippen molar-refractivity contribution in [2.75, 3.05) is 0 Å². The van der Waals surface area contributed by atoms with E-state index in [-0.39, 0.29) is 0 Å². The Kier molecular flexibility index (Phi) is 6.92. The standard InChI is InChI=1S/C27H52/c1-12-14-27(11)25(9,18(2)3)15-13-21(6)26(27,10)17-24-22(7)19(4)16-20(5)23(24)8/h18-24H,12-17H2,1-11H3. The van der Waals surface area contributed by atoms with Gasteiger partial charge in [0.05, 0.1) is 0 Å². The van der Waals surface area contributed by atoms with Gasteiger partial charge in [-0.2, -0.15) is 0 Å². The molecular weight excluding hydrogens is 324 g/mol. The van der Waals surface area contributed by atoms with Crippen LogP contribution in [0.25, 0.3) is 0 Å². The summed E-state index contributed by atoms with van der Waals surface area (Å²) in [5.74, 6) is 6.02. The van der Waals surface area contributed by atoms with Gasteiger partial charge in [0, 0.05) is 0 Å². The van der Waals surface area contributed by atoms with E-state index in [1.54, 1.807) is 0 Å².